The third-order valence-corrected chi connectivity index (χ3v) is 6.24. The van der Waals surface area contributed by atoms with Crippen molar-refractivity contribution in [3.8, 4) is 0 Å². The van der Waals surface area contributed by atoms with E-state index in [4.69, 9.17) is 0 Å². The van der Waals surface area contributed by atoms with Crippen LogP contribution in [0, 0.1) is 0 Å². The van der Waals surface area contributed by atoms with Crippen LogP contribution < -0.4 is 0 Å². The molecule has 0 saturated heterocycles. The standard InChI is InChI=1S/C14H11Br2NO3S/c1-8-11(15)13(12(16)9(2)14(8)18)17-21(19,20)10-6-4-3-5-7-10/h3-7H,1-2H3. The predicted octanol–water partition coefficient (Wildman–Crippen LogP) is 3.74. The van der Waals surface area contributed by atoms with E-state index in [1.165, 1.54) is 12.1 Å². The summed E-state index contributed by atoms with van der Waals surface area (Å²) in [5, 5.41) is 0. The van der Waals surface area contributed by atoms with Crippen LogP contribution in [0.1, 0.15) is 13.8 Å². The molecule has 0 saturated carbocycles. The first-order chi connectivity index (χ1) is 9.75. The number of nitrogens with zero attached hydrogens (tertiary/aromatic N) is 1. The van der Waals surface area contributed by atoms with Crippen LogP contribution in [-0.4, -0.2) is 19.9 Å². The van der Waals surface area contributed by atoms with Crippen molar-refractivity contribution in [2.75, 3.05) is 0 Å². The molecule has 0 unspecified atom stereocenters. The molecule has 0 radical (unpaired) electrons. The number of Topliss-reactive ketones (excluding diaryl/α,β-unsaturated/α-hetero) is 1. The van der Waals surface area contributed by atoms with Gasteiger partial charge in [0.1, 0.15) is 5.71 Å². The van der Waals surface area contributed by atoms with Gasteiger partial charge in [-0.15, -0.1) is 0 Å². The Labute approximate surface area is 140 Å². The van der Waals surface area contributed by atoms with Crippen molar-refractivity contribution in [3.63, 3.8) is 0 Å². The van der Waals surface area contributed by atoms with Crippen molar-refractivity contribution in [2.24, 2.45) is 4.40 Å². The monoisotopic (exact) mass is 431 g/mol. The van der Waals surface area contributed by atoms with Gasteiger partial charge in [-0.25, -0.2) is 0 Å². The summed E-state index contributed by atoms with van der Waals surface area (Å²) in [5.41, 5.74) is 1.06. The van der Waals surface area contributed by atoms with Gasteiger partial charge in [0.05, 0.1) is 13.9 Å². The molecule has 0 heterocycles. The lowest BCUT2D eigenvalue weighted by molar-refractivity contribution is -0.112. The minimum Gasteiger partial charge on any atom is -0.289 e. The van der Waals surface area contributed by atoms with E-state index in [0.29, 0.717) is 20.1 Å². The second-order valence-corrected chi connectivity index (χ2v) is 7.63. The van der Waals surface area contributed by atoms with E-state index in [2.05, 4.69) is 36.3 Å². The zero-order valence-electron chi connectivity index (χ0n) is 11.2. The number of allylic oxidation sites excluding steroid dienone is 4. The number of rotatable bonds is 2. The second kappa shape index (κ2) is 5.98. The van der Waals surface area contributed by atoms with Crippen LogP contribution in [0.25, 0.3) is 0 Å². The van der Waals surface area contributed by atoms with Crippen molar-refractivity contribution in [2.45, 2.75) is 18.7 Å². The maximum atomic E-state index is 12.3. The average molecular weight is 433 g/mol. The molecule has 1 aliphatic carbocycles. The molecular weight excluding hydrogens is 422 g/mol. The van der Waals surface area contributed by atoms with Crippen molar-refractivity contribution in [1.82, 2.24) is 0 Å². The lowest BCUT2D eigenvalue weighted by atomic mass is 9.98. The normalized spacial score (nSPS) is 16.6. The molecule has 21 heavy (non-hydrogen) atoms. The molecule has 0 aromatic heterocycles. The molecule has 1 aromatic carbocycles. The number of halogens is 2. The van der Waals surface area contributed by atoms with Crippen molar-refractivity contribution in [3.05, 3.63) is 50.4 Å². The number of benzene rings is 1. The van der Waals surface area contributed by atoms with Crippen LogP contribution in [0.4, 0.5) is 0 Å². The van der Waals surface area contributed by atoms with E-state index >= 15 is 0 Å². The summed E-state index contributed by atoms with van der Waals surface area (Å²) in [6, 6.07) is 7.93. The Kier molecular flexibility index (Phi) is 4.65. The first-order valence-corrected chi connectivity index (χ1v) is 8.96. The molecule has 0 amide bonds. The first-order valence-electron chi connectivity index (χ1n) is 5.94. The van der Waals surface area contributed by atoms with Gasteiger partial charge in [0.15, 0.2) is 5.78 Å². The van der Waals surface area contributed by atoms with Crippen LogP contribution in [0.15, 0.2) is 59.7 Å². The van der Waals surface area contributed by atoms with Gasteiger partial charge in [-0.2, -0.15) is 12.8 Å². The Morgan fingerprint density at radius 2 is 1.43 bits per heavy atom. The van der Waals surface area contributed by atoms with Crippen LogP contribution in [0.2, 0.25) is 0 Å². The number of hydrogen-bond donors (Lipinski definition) is 0. The molecule has 1 aromatic rings. The fraction of sp³-hybridized carbons (Fsp3) is 0.143. The summed E-state index contributed by atoms with van der Waals surface area (Å²) in [6.45, 7) is 3.25. The predicted molar refractivity (Wildman–Crippen MR) is 89.3 cm³/mol. The summed E-state index contributed by atoms with van der Waals surface area (Å²) in [5.74, 6) is -0.148. The van der Waals surface area contributed by atoms with Gasteiger partial charge in [0.25, 0.3) is 10.0 Å². The molecule has 4 nitrogen and oxygen atoms in total. The molecule has 7 heteroatoms. The van der Waals surface area contributed by atoms with Crippen LogP contribution in [0.3, 0.4) is 0 Å². The SMILES string of the molecule is CC1=C(Br)C(=NS(=O)(=O)c2ccccc2)C(Br)=C(C)C1=O. The topological polar surface area (TPSA) is 63.6 Å². The highest BCUT2D eigenvalue weighted by Crippen LogP contribution is 2.33. The van der Waals surface area contributed by atoms with Crippen molar-refractivity contribution < 1.29 is 13.2 Å². The van der Waals surface area contributed by atoms with E-state index in [1.807, 2.05) is 0 Å². The Balaban J connectivity index is 2.63. The smallest absolute Gasteiger partial charge is 0.282 e. The van der Waals surface area contributed by atoms with Crippen molar-refractivity contribution >= 4 is 53.4 Å². The number of sulfonamides is 1. The molecule has 0 fully saturated rings. The lowest BCUT2D eigenvalue weighted by Crippen LogP contribution is -2.18. The van der Waals surface area contributed by atoms with E-state index < -0.39 is 10.0 Å². The number of hydrogen-bond acceptors (Lipinski definition) is 3. The molecular formula is C14H11Br2NO3S. The zero-order chi connectivity index (χ0) is 15.8. The number of ketones is 1. The van der Waals surface area contributed by atoms with Crippen LogP contribution in [-0.2, 0) is 14.8 Å². The highest BCUT2D eigenvalue weighted by Gasteiger charge is 2.28. The highest BCUT2D eigenvalue weighted by molar-refractivity contribution is 9.13. The number of carbonyl (C=O) groups is 1. The van der Waals surface area contributed by atoms with Gasteiger partial charge in [-0.1, -0.05) is 18.2 Å². The summed E-state index contributed by atoms with van der Waals surface area (Å²) >= 11 is 6.51. The molecule has 1 aliphatic rings. The van der Waals surface area contributed by atoms with Gasteiger partial charge >= 0.3 is 0 Å². The minimum atomic E-state index is -3.84. The van der Waals surface area contributed by atoms with Gasteiger partial charge in [-0.3, -0.25) is 4.79 Å². The van der Waals surface area contributed by atoms with Crippen molar-refractivity contribution in [1.29, 1.82) is 0 Å². The molecule has 2 rings (SSSR count). The maximum Gasteiger partial charge on any atom is 0.282 e. The van der Waals surface area contributed by atoms with Gasteiger partial charge in [0, 0.05) is 11.1 Å². The van der Waals surface area contributed by atoms with E-state index in [1.54, 1.807) is 32.0 Å². The van der Waals surface area contributed by atoms with Crippen LogP contribution in [0.5, 0.6) is 0 Å². The van der Waals surface area contributed by atoms with Gasteiger partial charge in [-0.05, 0) is 57.8 Å². The Morgan fingerprint density at radius 3 is 1.90 bits per heavy atom. The summed E-state index contributed by atoms with van der Waals surface area (Å²) in [4.78, 5) is 12.0. The van der Waals surface area contributed by atoms with E-state index in [9.17, 15) is 13.2 Å². The first kappa shape index (κ1) is 16.3. The van der Waals surface area contributed by atoms with Gasteiger partial charge < -0.3 is 0 Å². The number of carbonyl (C=O) groups excluding carboxylic acids is 1. The zero-order valence-corrected chi connectivity index (χ0v) is 15.2. The molecule has 110 valence electrons. The lowest BCUT2D eigenvalue weighted by Gasteiger charge is -2.16. The second-order valence-electron chi connectivity index (χ2n) is 4.44. The molecule has 0 atom stereocenters. The third kappa shape index (κ3) is 3.09. The third-order valence-electron chi connectivity index (χ3n) is 3.01. The maximum absolute atomic E-state index is 12.3. The summed E-state index contributed by atoms with van der Waals surface area (Å²) in [7, 11) is -3.84. The Hall–Kier alpha value is -1.05. The molecule has 0 spiro atoms. The fourth-order valence-electron chi connectivity index (χ4n) is 1.78. The fourth-order valence-corrected chi connectivity index (χ4v) is 4.24. The molecule has 0 aliphatic heterocycles. The van der Waals surface area contributed by atoms with Gasteiger partial charge in [0.2, 0.25) is 0 Å². The molecule has 0 N–H and O–H groups in total. The molecule has 0 bridgehead atoms. The summed E-state index contributed by atoms with van der Waals surface area (Å²) < 4.78 is 29.3. The highest BCUT2D eigenvalue weighted by atomic mass is 79.9. The van der Waals surface area contributed by atoms with E-state index in [0.717, 1.165) is 0 Å². The minimum absolute atomic E-state index is 0.102. The summed E-state index contributed by atoms with van der Waals surface area (Å²) in [6.07, 6.45) is 0. The van der Waals surface area contributed by atoms with Crippen LogP contribution >= 0.6 is 31.9 Å². The van der Waals surface area contributed by atoms with E-state index in [-0.39, 0.29) is 16.4 Å². The Morgan fingerprint density at radius 1 is 0.952 bits per heavy atom. The Bertz CT molecular complexity index is 776. The average Bonchev–Trinajstić information content (AvgIpc) is 2.48. The largest absolute Gasteiger partial charge is 0.289 e. The quantitative estimate of drug-likeness (QED) is 0.668.